The molecule has 1 aliphatic carbocycles. The van der Waals surface area contributed by atoms with E-state index >= 15 is 0 Å². The zero-order chi connectivity index (χ0) is 12.8. The topological polar surface area (TPSA) is 41.1 Å². The molecule has 0 radical (unpaired) electrons. The number of carbonyl (C=O) groups excluding carboxylic acids is 1. The first kappa shape index (κ1) is 13.2. The molecule has 1 fully saturated rings. The average Bonchev–Trinajstić information content (AvgIpc) is 2.57. The first-order chi connectivity index (χ1) is 8.74. The second kappa shape index (κ2) is 6.64. The van der Waals surface area contributed by atoms with E-state index in [1.54, 1.807) is 12.1 Å². The molecular weight excluding hydrogens is 248 g/mol. The van der Waals surface area contributed by atoms with Crippen LogP contribution in [0.5, 0.6) is 0 Å². The van der Waals surface area contributed by atoms with Crippen LogP contribution in [0.3, 0.4) is 0 Å². The van der Waals surface area contributed by atoms with Gasteiger partial charge in [-0.2, -0.15) is 0 Å². The Balaban J connectivity index is 1.84. The van der Waals surface area contributed by atoms with Gasteiger partial charge in [0.05, 0.1) is 0 Å². The van der Waals surface area contributed by atoms with Crippen molar-refractivity contribution in [2.24, 2.45) is 0 Å². The smallest absolute Gasteiger partial charge is 0.319 e. The summed E-state index contributed by atoms with van der Waals surface area (Å²) in [5.74, 6) is 0. The van der Waals surface area contributed by atoms with Crippen molar-refractivity contribution in [3.8, 4) is 0 Å². The molecule has 4 heteroatoms. The van der Waals surface area contributed by atoms with Gasteiger partial charge in [-0.25, -0.2) is 4.79 Å². The van der Waals surface area contributed by atoms with Crippen LogP contribution in [-0.2, 0) is 0 Å². The molecule has 1 aliphatic rings. The maximum Gasteiger partial charge on any atom is 0.319 e. The number of carbonyl (C=O) groups is 1. The molecule has 1 aromatic carbocycles. The molecule has 1 aromatic rings. The van der Waals surface area contributed by atoms with Gasteiger partial charge in [-0.05, 0) is 31.0 Å². The lowest BCUT2D eigenvalue weighted by atomic mass is 10.1. The van der Waals surface area contributed by atoms with Crippen molar-refractivity contribution in [2.75, 3.05) is 5.32 Å². The molecule has 2 rings (SSSR count). The van der Waals surface area contributed by atoms with Crippen molar-refractivity contribution in [2.45, 2.75) is 44.6 Å². The largest absolute Gasteiger partial charge is 0.335 e. The van der Waals surface area contributed by atoms with Crippen LogP contribution in [0, 0.1) is 0 Å². The van der Waals surface area contributed by atoms with E-state index < -0.39 is 0 Å². The fraction of sp³-hybridized carbons (Fsp3) is 0.500. The number of benzene rings is 1. The summed E-state index contributed by atoms with van der Waals surface area (Å²) in [5.41, 5.74) is 0.730. The quantitative estimate of drug-likeness (QED) is 0.775. The second-order valence-electron chi connectivity index (χ2n) is 4.80. The number of rotatable bonds is 2. The lowest BCUT2D eigenvalue weighted by molar-refractivity contribution is 0.247. The normalized spacial score (nSPS) is 16.9. The molecule has 0 bridgehead atoms. The number of halogens is 1. The highest BCUT2D eigenvalue weighted by Gasteiger charge is 2.14. The van der Waals surface area contributed by atoms with Gasteiger partial charge in [0.25, 0.3) is 0 Å². The van der Waals surface area contributed by atoms with Crippen LogP contribution < -0.4 is 10.6 Å². The highest BCUT2D eigenvalue weighted by atomic mass is 35.5. The monoisotopic (exact) mass is 266 g/mol. The highest BCUT2D eigenvalue weighted by Crippen LogP contribution is 2.18. The van der Waals surface area contributed by atoms with Crippen molar-refractivity contribution in [1.82, 2.24) is 5.32 Å². The van der Waals surface area contributed by atoms with E-state index in [1.165, 1.54) is 25.7 Å². The SMILES string of the molecule is O=C(Nc1cccc(Cl)c1)NC1CCCCCC1. The molecule has 0 heterocycles. The first-order valence-electron chi connectivity index (χ1n) is 6.57. The van der Waals surface area contributed by atoms with Crippen LogP contribution in [0.15, 0.2) is 24.3 Å². The predicted octanol–water partition coefficient (Wildman–Crippen LogP) is 4.18. The van der Waals surface area contributed by atoms with Crippen molar-refractivity contribution < 1.29 is 4.79 Å². The van der Waals surface area contributed by atoms with Gasteiger partial charge in [-0.1, -0.05) is 43.4 Å². The zero-order valence-corrected chi connectivity index (χ0v) is 11.2. The molecule has 0 saturated heterocycles. The third kappa shape index (κ3) is 4.22. The fourth-order valence-electron chi connectivity index (χ4n) is 2.34. The summed E-state index contributed by atoms with van der Waals surface area (Å²) in [6, 6.07) is 7.36. The minimum Gasteiger partial charge on any atom is -0.335 e. The highest BCUT2D eigenvalue weighted by molar-refractivity contribution is 6.30. The lowest BCUT2D eigenvalue weighted by Gasteiger charge is -2.16. The summed E-state index contributed by atoms with van der Waals surface area (Å²) >= 11 is 5.87. The maximum atomic E-state index is 11.8. The number of hydrogen-bond acceptors (Lipinski definition) is 1. The zero-order valence-electron chi connectivity index (χ0n) is 10.4. The summed E-state index contributed by atoms with van der Waals surface area (Å²) in [6.45, 7) is 0. The van der Waals surface area contributed by atoms with Crippen LogP contribution in [0.2, 0.25) is 5.02 Å². The van der Waals surface area contributed by atoms with Crippen molar-refractivity contribution in [3.05, 3.63) is 29.3 Å². The van der Waals surface area contributed by atoms with Crippen molar-refractivity contribution in [3.63, 3.8) is 0 Å². The number of urea groups is 1. The standard InChI is InChI=1S/C14H19ClN2O/c15-11-6-5-9-13(10-11)17-14(18)16-12-7-3-1-2-4-8-12/h5-6,9-10,12H,1-4,7-8H2,(H2,16,17,18). The Hall–Kier alpha value is -1.22. The van der Waals surface area contributed by atoms with Gasteiger partial charge in [0.2, 0.25) is 0 Å². The van der Waals surface area contributed by atoms with Gasteiger partial charge in [0.1, 0.15) is 0 Å². The third-order valence-corrected chi connectivity index (χ3v) is 3.51. The molecule has 0 aromatic heterocycles. The van der Waals surface area contributed by atoms with E-state index in [1.807, 2.05) is 12.1 Å². The molecule has 0 unspecified atom stereocenters. The summed E-state index contributed by atoms with van der Waals surface area (Å²) in [4.78, 5) is 11.8. The van der Waals surface area contributed by atoms with Crippen LogP contribution >= 0.6 is 11.6 Å². The molecule has 1 saturated carbocycles. The molecule has 18 heavy (non-hydrogen) atoms. The molecule has 0 aliphatic heterocycles. The number of hydrogen-bond donors (Lipinski definition) is 2. The maximum absolute atomic E-state index is 11.8. The molecule has 0 atom stereocenters. The van der Waals surface area contributed by atoms with Crippen molar-refractivity contribution in [1.29, 1.82) is 0 Å². The molecule has 98 valence electrons. The van der Waals surface area contributed by atoms with E-state index in [4.69, 9.17) is 11.6 Å². The molecular formula is C14H19ClN2O. The molecule has 2 amide bonds. The van der Waals surface area contributed by atoms with Gasteiger partial charge < -0.3 is 10.6 Å². The predicted molar refractivity (Wildman–Crippen MR) is 75.1 cm³/mol. The summed E-state index contributed by atoms with van der Waals surface area (Å²) in [7, 11) is 0. The van der Waals surface area contributed by atoms with Crippen LogP contribution in [0.4, 0.5) is 10.5 Å². The third-order valence-electron chi connectivity index (χ3n) is 3.27. The number of amides is 2. The molecule has 3 nitrogen and oxygen atoms in total. The van der Waals surface area contributed by atoms with E-state index in [2.05, 4.69) is 10.6 Å². The van der Waals surface area contributed by atoms with Gasteiger partial charge >= 0.3 is 6.03 Å². The molecule has 2 N–H and O–H groups in total. The van der Waals surface area contributed by atoms with Gasteiger partial charge in [-0.15, -0.1) is 0 Å². The van der Waals surface area contributed by atoms with Crippen LogP contribution in [-0.4, -0.2) is 12.1 Å². The second-order valence-corrected chi connectivity index (χ2v) is 5.23. The minimum atomic E-state index is -0.135. The Labute approximate surface area is 113 Å². The van der Waals surface area contributed by atoms with Gasteiger partial charge in [0, 0.05) is 16.8 Å². The Morgan fingerprint density at radius 2 is 1.89 bits per heavy atom. The van der Waals surface area contributed by atoms with E-state index in [9.17, 15) is 4.79 Å². The van der Waals surface area contributed by atoms with Crippen LogP contribution in [0.1, 0.15) is 38.5 Å². The number of nitrogens with one attached hydrogen (secondary N) is 2. The summed E-state index contributed by atoms with van der Waals surface area (Å²) < 4.78 is 0. The lowest BCUT2D eigenvalue weighted by Crippen LogP contribution is -2.37. The first-order valence-corrected chi connectivity index (χ1v) is 6.95. The Morgan fingerprint density at radius 3 is 2.56 bits per heavy atom. The summed E-state index contributed by atoms with van der Waals surface area (Å²) in [6.07, 6.45) is 7.17. The Morgan fingerprint density at radius 1 is 1.17 bits per heavy atom. The average molecular weight is 267 g/mol. The van der Waals surface area contributed by atoms with Crippen LogP contribution in [0.25, 0.3) is 0 Å². The summed E-state index contributed by atoms with van der Waals surface area (Å²) in [5, 5.41) is 6.48. The Bertz CT molecular complexity index is 401. The van der Waals surface area contributed by atoms with E-state index in [0.29, 0.717) is 11.1 Å². The Kier molecular flexibility index (Phi) is 4.88. The van der Waals surface area contributed by atoms with E-state index in [-0.39, 0.29) is 6.03 Å². The van der Waals surface area contributed by atoms with E-state index in [0.717, 1.165) is 18.5 Å². The van der Waals surface area contributed by atoms with Crippen molar-refractivity contribution >= 4 is 23.3 Å². The molecule has 0 spiro atoms. The minimum absolute atomic E-state index is 0.135. The van der Waals surface area contributed by atoms with Gasteiger partial charge in [-0.3, -0.25) is 0 Å². The number of anilines is 1. The van der Waals surface area contributed by atoms with Gasteiger partial charge in [0.15, 0.2) is 0 Å². The fourth-order valence-corrected chi connectivity index (χ4v) is 2.53.